The van der Waals surface area contributed by atoms with Crippen LogP contribution < -0.4 is 15.4 Å². The summed E-state index contributed by atoms with van der Waals surface area (Å²) in [5.41, 5.74) is 0.833. The summed E-state index contributed by atoms with van der Waals surface area (Å²) in [7, 11) is 1.63. The largest absolute Gasteiger partial charge is 0.495 e. The van der Waals surface area contributed by atoms with Gasteiger partial charge in [-0.25, -0.2) is 0 Å². The normalized spacial score (nSPS) is 10.1. The highest BCUT2D eigenvalue weighted by Crippen LogP contribution is 2.27. The Hall–Kier alpha value is -0.850. The van der Waals surface area contributed by atoms with Crippen molar-refractivity contribution in [1.82, 2.24) is 5.32 Å². The molecule has 0 heterocycles. The van der Waals surface area contributed by atoms with Crippen LogP contribution in [0.4, 0.5) is 5.69 Å². The zero-order chi connectivity index (χ0) is 14.1. The lowest BCUT2D eigenvalue weighted by Gasteiger charge is -2.13. The number of methoxy groups -OCH3 is 1. The molecule has 106 valence electrons. The molecule has 0 saturated heterocycles. The van der Waals surface area contributed by atoms with Crippen molar-refractivity contribution < 1.29 is 9.47 Å². The minimum atomic E-state index is 0.577. The predicted octanol–water partition coefficient (Wildman–Crippen LogP) is 3.17. The number of nitrogens with one attached hydrogen (secondary N) is 2. The second-order valence-corrected chi connectivity index (χ2v) is 5.10. The zero-order valence-corrected chi connectivity index (χ0v) is 13.6. The maximum Gasteiger partial charge on any atom is 0.170 e. The van der Waals surface area contributed by atoms with Crippen molar-refractivity contribution in [3.63, 3.8) is 0 Å². The van der Waals surface area contributed by atoms with E-state index in [0.29, 0.717) is 5.11 Å². The predicted molar refractivity (Wildman–Crippen MR) is 86.0 cm³/mol. The molecule has 0 unspecified atom stereocenters. The number of halogens is 1. The summed E-state index contributed by atoms with van der Waals surface area (Å²) in [4.78, 5) is 0. The Morgan fingerprint density at radius 3 is 2.89 bits per heavy atom. The second kappa shape index (κ2) is 9.12. The van der Waals surface area contributed by atoms with Crippen molar-refractivity contribution in [1.29, 1.82) is 0 Å². The Morgan fingerprint density at radius 1 is 1.42 bits per heavy atom. The van der Waals surface area contributed by atoms with Crippen molar-refractivity contribution in [2.24, 2.45) is 0 Å². The van der Waals surface area contributed by atoms with Gasteiger partial charge >= 0.3 is 0 Å². The third-order valence-corrected chi connectivity index (χ3v) is 3.10. The van der Waals surface area contributed by atoms with Crippen LogP contribution in [0.1, 0.15) is 13.3 Å². The Bertz CT molecular complexity index is 416. The molecule has 6 heteroatoms. The molecule has 4 nitrogen and oxygen atoms in total. The topological polar surface area (TPSA) is 42.5 Å². The lowest BCUT2D eigenvalue weighted by molar-refractivity contribution is 0.146. The molecule has 19 heavy (non-hydrogen) atoms. The van der Waals surface area contributed by atoms with E-state index in [1.807, 2.05) is 25.1 Å². The number of thiocarbonyl (C=S) groups is 1. The number of rotatable bonds is 7. The molecule has 0 radical (unpaired) electrons. The van der Waals surface area contributed by atoms with Crippen LogP contribution >= 0.6 is 28.1 Å². The smallest absolute Gasteiger partial charge is 0.170 e. The molecule has 0 aliphatic rings. The van der Waals surface area contributed by atoms with Gasteiger partial charge in [0, 0.05) is 24.2 Å². The summed E-state index contributed by atoms with van der Waals surface area (Å²) in [5, 5.41) is 6.82. The first-order valence-electron chi connectivity index (χ1n) is 6.13. The molecule has 0 fully saturated rings. The minimum Gasteiger partial charge on any atom is -0.495 e. The molecule has 0 aliphatic heterocycles. The van der Waals surface area contributed by atoms with E-state index in [2.05, 4.69) is 26.6 Å². The monoisotopic (exact) mass is 346 g/mol. The van der Waals surface area contributed by atoms with Crippen molar-refractivity contribution >= 4 is 38.9 Å². The maximum atomic E-state index is 5.27. The first kappa shape index (κ1) is 16.2. The van der Waals surface area contributed by atoms with Crippen LogP contribution in [0.2, 0.25) is 0 Å². The van der Waals surface area contributed by atoms with Gasteiger partial charge in [0.05, 0.1) is 12.8 Å². The van der Waals surface area contributed by atoms with Gasteiger partial charge < -0.3 is 20.1 Å². The first-order valence-corrected chi connectivity index (χ1v) is 7.33. The minimum absolute atomic E-state index is 0.577. The summed E-state index contributed by atoms with van der Waals surface area (Å²) >= 11 is 8.65. The average Bonchev–Trinajstić information content (AvgIpc) is 2.39. The number of hydrogen-bond acceptors (Lipinski definition) is 3. The Morgan fingerprint density at radius 2 is 2.21 bits per heavy atom. The molecule has 1 aromatic rings. The van der Waals surface area contributed by atoms with Gasteiger partial charge in [-0.05, 0) is 43.8 Å². The summed E-state index contributed by atoms with van der Waals surface area (Å²) in [6.45, 7) is 4.26. The highest BCUT2D eigenvalue weighted by Gasteiger charge is 2.05. The summed E-state index contributed by atoms with van der Waals surface area (Å²) in [5.74, 6) is 0.752. The first-order chi connectivity index (χ1) is 9.17. The van der Waals surface area contributed by atoms with Gasteiger partial charge in [0.15, 0.2) is 5.11 Å². The zero-order valence-electron chi connectivity index (χ0n) is 11.2. The molecule has 0 spiro atoms. The standard InChI is InChI=1S/C13H19BrN2O2S/c1-3-18-8-4-7-15-13(19)16-11-9-10(14)5-6-12(11)17-2/h5-6,9H,3-4,7-8H2,1-2H3,(H2,15,16,19). The summed E-state index contributed by atoms with van der Waals surface area (Å²) < 4.78 is 11.5. The third kappa shape index (κ3) is 6.22. The fraction of sp³-hybridized carbons (Fsp3) is 0.462. The van der Waals surface area contributed by atoms with Crippen molar-refractivity contribution in [2.75, 3.05) is 32.2 Å². The fourth-order valence-corrected chi connectivity index (χ4v) is 2.04. The second-order valence-electron chi connectivity index (χ2n) is 3.78. The van der Waals surface area contributed by atoms with E-state index in [-0.39, 0.29) is 0 Å². The molecular formula is C13H19BrN2O2S. The average molecular weight is 347 g/mol. The summed E-state index contributed by atoms with van der Waals surface area (Å²) in [6, 6.07) is 5.72. The van der Waals surface area contributed by atoms with Crippen molar-refractivity contribution in [3.8, 4) is 5.75 Å². The van der Waals surface area contributed by atoms with Crippen LogP contribution in [0.15, 0.2) is 22.7 Å². The lowest BCUT2D eigenvalue weighted by Crippen LogP contribution is -2.30. The van der Waals surface area contributed by atoms with Crippen LogP contribution in [0.3, 0.4) is 0 Å². The van der Waals surface area contributed by atoms with Crippen LogP contribution in [0.5, 0.6) is 5.75 Å². The van der Waals surface area contributed by atoms with Gasteiger partial charge in [0.2, 0.25) is 0 Å². The van der Waals surface area contributed by atoms with E-state index in [1.165, 1.54) is 0 Å². The Labute approximate surface area is 128 Å². The third-order valence-electron chi connectivity index (χ3n) is 2.36. The highest BCUT2D eigenvalue weighted by atomic mass is 79.9. The molecule has 0 aromatic heterocycles. The number of benzene rings is 1. The molecule has 0 atom stereocenters. The molecule has 1 rings (SSSR count). The van der Waals surface area contributed by atoms with Crippen molar-refractivity contribution in [3.05, 3.63) is 22.7 Å². The van der Waals surface area contributed by atoms with Gasteiger partial charge in [-0.1, -0.05) is 15.9 Å². The maximum absolute atomic E-state index is 5.27. The summed E-state index contributed by atoms with van der Waals surface area (Å²) in [6.07, 6.45) is 0.922. The van der Waals surface area contributed by atoms with Crippen LogP contribution in [-0.4, -0.2) is 32.0 Å². The quantitative estimate of drug-likeness (QED) is 0.586. The molecule has 1 aromatic carbocycles. The van der Waals surface area contributed by atoms with E-state index in [1.54, 1.807) is 7.11 Å². The van der Waals surface area contributed by atoms with Crippen molar-refractivity contribution in [2.45, 2.75) is 13.3 Å². The van der Waals surface area contributed by atoms with Crippen LogP contribution in [0, 0.1) is 0 Å². The molecule has 0 amide bonds. The number of ether oxygens (including phenoxy) is 2. The van der Waals surface area contributed by atoms with E-state index >= 15 is 0 Å². The molecular weight excluding hydrogens is 328 g/mol. The fourth-order valence-electron chi connectivity index (χ4n) is 1.46. The van der Waals surface area contributed by atoms with E-state index in [0.717, 1.165) is 42.1 Å². The van der Waals surface area contributed by atoms with E-state index < -0.39 is 0 Å². The van der Waals surface area contributed by atoms with Gasteiger partial charge in [0.1, 0.15) is 5.75 Å². The molecule has 0 bridgehead atoms. The van der Waals surface area contributed by atoms with Gasteiger partial charge in [0.25, 0.3) is 0 Å². The lowest BCUT2D eigenvalue weighted by atomic mass is 10.3. The van der Waals surface area contributed by atoms with E-state index in [9.17, 15) is 0 Å². The van der Waals surface area contributed by atoms with Crippen LogP contribution in [-0.2, 0) is 4.74 Å². The SMILES string of the molecule is CCOCCCNC(=S)Nc1cc(Br)ccc1OC. The van der Waals surface area contributed by atoms with Crippen LogP contribution in [0.25, 0.3) is 0 Å². The van der Waals surface area contributed by atoms with Gasteiger partial charge in [-0.2, -0.15) is 0 Å². The Kier molecular flexibility index (Phi) is 7.78. The van der Waals surface area contributed by atoms with E-state index in [4.69, 9.17) is 21.7 Å². The molecule has 0 aliphatic carbocycles. The number of hydrogen-bond donors (Lipinski definition) is 2. The highest BCUT2D eigenvalue weighted by molar-refractivity contribution is 9.10. The number of anilines is 1. The van der Waals surface area contributed by atoms with Gasteiger partial charge in [-0.3, -0.25) is 0 Å². The Balaban J connectivity index is 2.41. The van der Waals surface area contributed by atoms with Gasteiger partial charge in [-0.15, -0.1) is 0 Å². The molecule has 2 N–H and O–H groups in total. The molecule has 0 saturated carbocycles.